The Kier molecular flexibility index (Phi) is 5.72. The summed E-state index contributed by atoms with van der Waals surface area (Å²) in [6.07, 6.45) is 1.48. The summed E-state index contributed by atoms with van der Waals surface area (Å²) in [7, 11) is -7.76. The predicted octanol–water partition coefficient (Wildman–Crippen LogP) is 2.33. The van der Waals surface area contributed by atoms with Gasteiger partial charge in [-0.3, -0.25) is 4.79 Å². The highest BCUT2D eigenvalue weighted by atomic mass is 35.5. The van der Waals surface area contributed by atoms with Gasteiger partial charge < -0.3 is 5.32 Å². The van der Waals surface area contributed by atoms with E-state index in [1.165, 1.54) is 30.3 Å². The standard InChI is InChI=1S/C16H15Cl2N3O5S2/c17-13-8-14(18)15(28(25,26)21-10-1-2-10)7-12(13)16(22)20-9-3-5-11(6-4-9)27(19,23)24/h3-8,10,21H,1-2H2,(H,20,22)(H2,19,23,24). The largest absolute Gasteiger partial charge is 0.322 e. The average Bonchev–Trinajstić information content (AvgIpc) is 3.37. The molecule has 0 radical (unpaired) electrons. The number of hydrogen-bond acceptors (Lipinski definition) is 5. The number of sulfonamides is 2. The van der Waals surface area contributed by atoms with Crippen LogP contribution in [0.2, 0.25) is 10.0 Å². The molecule has 8 nitrogen and oxygen atoms in total. The molecule has 0 unspecified atom stereocenters. The van der Waals surface area contributed by atoms with E-state index in [0.717, 1.165) is 18.9 Å². The van der Waals surface area contributed by atoms with Crippen LogP contribution in [0.25, 0.3) is 0 Å². The van der Waals surface area contributed by atoms with E-state index in [2.05, 4.69) is 10.0 Å². The molecule has 12 heteroatoms. The number of rotatable bonds is 6. The molecular weight excluding hydrogens is 449 g/mol. The fraction of sp³-hybridized carbons (Fsp3) is 0.188. The highest BCUT2D eigenvalue weighted by Crippen LogP contribution is 2.31. The molecule has 0 saturated heterocycles. The van der Waals surface area contributed by atoms with Crippen LogP contribution in [-0.4, -0.2) is 28.8 Å². The number of hydrogen-bond donors (Lipinski definition) is 3. The highest BCUT2D eigenvalue weighted by Gasteiger charge is 2.30. The molecule has 1 fully saturated rings. The summed E-state index contributed by atoms with van der Waals surface area (Å²) in [6, 6.07) is 7.29. The second-order valence-electron chi connectivity index (χ2n) is 6.18. The molecule has 0 atom stereocenters. The summed E-state index contributed by atoms with van der Waals surface area (Å²) < 4.78 is 49.9. The van der Waals surface area contributed by atoms with Crippen LogP contribution in [0.3, 0.4) is 0 Å². The Hall–Kier alpha value is -1.69. The van der Waals surface area contributed by atoms with Gasteiger partial charge in [0.2, 0.25) is 20.0 Å². The van der Waals surface area contributed by atoms with Gasteiger partial charge in [0.25, 0.3) is 5.91 Å². The SMILES string of the molecule is NS(=O)(=O)c1ccc(NC(=O)c2cc(S(=O)(=O)NC3CC3)c(Cl)cc2Cl)cc1. The van der Waals surface area contributed by atoms with E-state index < -0.39 is 26.0 Å². The molecule has 2 aromatic rings. The van der Waals surface area contributed by atoms with E-state index in [4.69, 9.17) is 28.3 Å². The van der Waals surface area contributed by atoms with Crippen LogP contribution in [0.5, 0.6) is 0 Å². The van der Waals surface area contributed by atoms with Crippen molar-refractivity contribution < 1.29 is 21.6 Å². The molecule has 0 bridgehead atoms. The first kappa shape index (κ1) is 21.0. The summed E-state index contributed by atoms with van der Waals surface area (Å²) in [5.41, 5.74) is 0.168. The minimum atomic E-state index is -3.90. The Bertz CT molecular complexity index is 1150. The van der Waals surface area contributed by atoms with Crippen LogP contribution >= 0.6 is 23.2 Å². The zero-order valence-corrected chi connectivity index (χ0v) is 17.3. The number of carbonyl (C=O) groups excluding carboxylic acids is 1. The topological polar surface area (TPSA) is 135 Å². The number of benzene rings is 2. The number of nitrogens with one attached hydrogen (secondary N) is 2. The number of halogens is 2. The van der Waals surface area contributed by atoms with Gasteiger partial charge >= 0.3 is 0 Å². The molecule has 0 spiro atoms. The first-order chi connectivity index (χ1) is 13.0. The van der Waals surface area contributed by atoms with Gasteiger partial charge in [0.1, 0.15) is 4.90 Å². The second kappa shape index (κ2) is 7.62. The first-order valence-corrected chi connectivity index (χ1v) is 11.7. The number of anilines is 1. The number of carbonyl (C=O) groups is 1. The van der Waals surface area contributed by atoms with Gasteiger partial charge in [0, 0.05) is 11.7 Å². The van der Waals surface area contributed by atoms with Gasteiger partial charge in [-0.2, -0.15) is 0 Å². The third-order valence-electron chi connectivity index (χ3n) is 3.90. The molecule has 28 heavy (non-hydrogen) atoms. The summed E-state index contributed by atoms with van der Waals surface area (Å²) in [4.78, 5) is 12.2. The Morgan fingerprint density at radius 1 is 1.00 bits per heavy atom. The normalized spacial score (nSPS) is 14.7. The lowest BCUT2D eigenvalue weighted by atomic mass is 10.2. The molecule has 1 saturated carbocycles. The summed E-state index contributed by atoms with van der Waals surface area (Å²) in [5, 5.41) is 7.40. The minimum Gasteiger partial charge on any atom is -0.322 e. The maximum atomic E-state index is 12.5. The maximum Gasteiger partial charge on any atom is 0.257 e. The molecule has 1 aliphatic rings. The Labute approximate surface area is 172 Å². The van der Waals surface area contributed by atoms with Gasteiger partial charge in [-0.15, -0.1) is 0 Å². The third-order valence-corrected chi connectivity index (χ3v) is 7.12. The van der Waals surface area contributed by atoms with Gasteiger partial charge in [0.05, 0.1) is 20.5 Å². The molecule has 1 amide bonds. The lowest BCUT2D eigenvalue weighted by Gasteiger charge is -2.12. The van der Waals surface area contributed by atoms with Crippen molar-refractivity contribution in [3.05, 3.63) is 52.0 Å². The lowest BCUT2D eigenvalue weighted by molar-refractivity contribution is 0.102. The minimum absolute atomic E-state index is 0.0333. The smallest absolute Gasteiger partial charge is 0.257 e. The zero-order chi connectivity index (χ0) is 20.7. The fourth-order valence-corrected chi connectivity index (χ4v) is 5.00. The van der Waals surface area contributed by atoms with Crippen molar-refractivity contribution in [3.63, 3.8) is 0 Å². The molecule has 4 N–H and O–H groups in total. The van der Waals surface area contributed by atoms with Crippen molar-refractivity contribution in [2.24, 2.45) is 5.14 Å². The van der Waals surface area contributed by atoms with Crippen LogP contribution < -0.4 is 15.2 Å². The molecule has 3 rings (SSSR count). The van der Waals surface area contributed by atoms with Crippen molar-refractivity contribution in [2.75, 3.05) is 5.32 Å². The predicted molar refractivity (Wildman–Crippen MR) is 106 cm³/mol. The van der Waals surface area contributed by atoms with E-state index in [0.29, 0.717) is 0 Å². The summed E-state index contributed by atoms with van der Waals surface area (Å²) in [5.74, 6) is -0.687. The third kappa shape index (κ3) is 4.83. The number of nitrogens with two attached hydrogens (primary N) is 1. The van der Waals surface area contributed by atoms with Crippen LogP contribution in [0.1, 0.15) is 23.2 Å². The molecule has 0 heterocycles. The second-order valence-corrected chi connectivity index (χ2v) is 10.2. The van der Waals surface area contributed by atoms with Crippen molar-refractivity contribution in [2.45, 2.75) is 28.7 Å². The van der Waals surface area contributed by atoms with E-state index >= 15 is 0 Å². The van der Waals surface area contributed by atoms with Gasteiger partial charge in [-0.05, 0) is 49.2 Å². The monoisotopic (exact) mass is 463 g/mol. The summed E-state index contributed by atoms with van der Waals surface area (Å²) in [6.45, 7) is 0. The van der Waals surface area contributed by atoms with Crippen LogP contribution in [0.15, 0.2) is 46.2 Å². The maximum absolute atomic E-state index is 12.5. The van der Waals surface area contributed by atoms with Crippen molar-refractivity contribution >= 4 is 54.8 Å². The fourth-order valence-electron chi connectivity index (χ4n) is 2.32. The van der Waals surface area contributed by atoms with Crippen molar-refractivity contribution in [1.82, 2.24) is 4.72 Å². The van der Waals surface area contributed by atoms with Gasteiger partial charge in [0.15, 0.2) is 0 Å². The van der Waals surface area contributed by atoms with E-state index in [1.54, 1.807) is 0 Å². The number of primary sulfonamides is 1. The molecule has 150 valence electrons. The Balaban J connectivity index is 1.88. The molecule has 0 aliphatic heterocycles. The molecular formula is C16H15Cl2N3O5S2. The lowest BCUT2D eigenvalue weighted by Crippen LogP contribution is -2.26. The Morgan fingerprint density at radius 3 is 2.14 bits per heavy atom. The Morgan fingerprint density at radius 2 is 1.61 bits per heavy atom. The van der Waals surface area contributed by atoms with Crippen LogP contribution in [0, 0.1) is 0 Å². The quantitative estimate of drug-likeness (QED) is 0.603. The van der Waals surface area contributed by atoms with E-state index in [1.807, 2.05) is 0 Å². The molecule has 2 aromatic carbocycles. The van der Waals surface area contributed by atoms with Crippen LogP contribution in [-0.2, 0) is 20.0 Å². The van der Waals surface area contributed by atoms with Crippen molar-refractivity contribution in [1.29, 1.82) is 0 Å². The van der Waals surface area contributed by atoms with Gasteiger partial charge in [-0.25, -0.2) is 26.7 Å². The van der Waals surface area contributed by atoms with E-state index in [9.17, 15) is 21.6 Å². The van der Waals surface area contributed by atoms with Crippen LogP contribution in [0.4, 0.5) is 5.69 Å². The average molecular weight is 464 g/mol. The van der Waals surface area contributed by atoms with Crippen molar-refractivity contribution in [3.8, 4) is 0 Å². The first-order valence-electron chi connectivity index (χ1n) is 7.93. The number of amides is 1. The van der Waals surface area contributed by atoms with E-state index in [-0.39, 0.29) is 37.1 Å². The molecule has 0 aromatic heterocycles. The van der Waals surface area contributed by atoms with Gasteiger partial charge in [-0.1, -0.05) is 23.2 Å². The zero-order valence-electron chi connectivity index (χ0n) is 14.1. The molecule has 1 aliphatic carbocycles. The summed E-state index contributed by atoms with van der Waals surface area (Å²) >= 11 is 12.1. The highest BCUT2D eigenvalue weighted by molar-refractivity contribution is 7.89.